The fourth-order valence-electron chi connectivity index (χ4n) is 7.23. The third-order valence-electron chi connectivity index (χ3n) is 8.17. The number of carbonyl (C=O) groups is 3. The zero-order valence-corrected chi connectivity index (χ0v) is 18.3. The summed E-state index contributed by atoms with van der Waals surface area (Å²) in [5, 5.41) is 0. The van der Waals surface area contributed by atoms with Gasteiger partial charge < -0.3 is 4.74 Å². The second-order valence-corrected chi connectivity index (χ2v) is 10.2. The van der Waals surface area contributed by atoms with E-state index in [2.05, 4.69) is 6.07 Å². The predicted molar refractivity (Wildman–Crippen MR) is 120 cm³/mol. The van der Waals surface area contributed by atoms with Gasteiger partial charge in [-0.1, -0.05) is 6.07 Å². The average molecular weight is 430 g/mol. The number of esters is 1. The zero-order chi connectivity index (χ0) is 22.0. The summed E-state index contributed by atoms with van der Waals surface area (Å²) in [4.78, 5) is 39.6. The minimum absolute atomic E-state index is 0.182. The highest BCUT2D eigenvalue weighted by molar-refractivity contribution is 6.34. The van der Waals surface area contributed by atoms with E-state index in [0.717, 1.165) is 17.8 Å². The molecule has 4 bridgehead atoms. The molecular weight excluding hydrogens is 402 g/mol. The molecule has 5 heteroatoms. The molecular formula is C27H27NO4. The van der Waals surface area contributed by atoms with Crippen molar-refractivity contribution in [3.8, 4) is 0 Å². The lowest BCUT2D eigenvalue weighted by Gasteiger charge is -2.57. The van der Waals surface area contributed by atoms with Crippen LogP contribution in [-0.2, 0) is 10.2 Å². The van der Waals surface area contributed by atoms with Crippen LogP contribution in [-0.4, -0.2) is 24.4 Å². The van der Waals surface area contributed by atoms with Crippen LogP contribution in [0.2, 0.25) is 0 Å². The Labute approximate surface area is 187 Å². The van der Waals surface area contributed by atoms with Gasteiger partial charge in [-0.3, -0.25) is 9.59 Å². The molecule has 164 valence electrons. The molecule has 1 heterocycles. The van der Waals surface area contributed by atoms with E-state index in [-0.39, 0.29) is 17.2 Å². The van der Waals surface area contributed by atoms with Gasteiger partial charge in [0.15, 0.2) is 0 Å². The largest absolute Gasteiger partial charge is 0.462 e. The standard InChI is InChI=1S/C27H27NO4/c1-2-32-26(31)19-3-6-21(7-4-19)28-24(29)22-8-5-20(12-23(22)25(28)30)27-13-16-9-17(14-27)11-18(10-16)15-27/h3-8,12,16-18H,2,9-11,13-15H2,1H3. The van der Waals surface area contributed by atoms with Crippen molar-refractivity contribution in [2.45, 2.75) is 50.9 Å². The van der Waals surface area contributed by atoms with E-state index in [9.17, 15) is 14.4 Å². The zero-order valence-electron chi connectivity index (χ0n) is 18.3. The molecule has 2 aromatic carbocycles. The summed E-state index contributed by atoms with van der Waals surface area (Å²) < 4.78 is 5.01. The summed E-state index contributed by atoms with van der Waals surface area (Å²) in [6.07, 6.45) is 7.78. The van der Waals surface area contributed by atoms with Crippen LogP contribution in [0.4, 0.5) is 5.69 Å². The quantitative estimate of drug-likeness (QED) is 0.499. The predicted octanol–water partition coefficient (Wildman–Crippen LogP) is 5.13. The first-order valence-electron chi connectivity index (χ1n) is 11.8. The Hall–Kier alpha value is -2.95. The fraction of sp³-hybridized carbons (Fsp3) is 0.444. The summed E-state index contributed by atoms with van der Waals surface area (Å²) in [6.45, 7) is 2.05. The highest BCUT2D eigenvalue weighted by Gasteiger charge is 2.52. The Kier molecular flexibility index (Phi) is 4.33. The number of imide groups is 1. The molecule has 0 unspecified atom stereocenters. The molecule has 0 aromatic heterocycles. The molecule has 0 spiro atoms. The second-order valence-electron chi connectivity index (χ2n) is 10.2. The van der Waals surface area contributed by atoms with Crippen LogP contribution >= 0.6 is 0 Å². The number of amides is 2. The summed E-state index contributed by atoms with van der Waals surface area (Å²) in [7, 11) is 0. The van der Waals surface area contributed by atoms with Gasteiger partial charge in [0.05, 0.1) is 29.0 Å². The minimum atomic E-state index is -0.415. The van der Waals surface area contributed by atoms with Crippen molar-refractivity contribution in [1.82, 2.24) is 0 Å². The van der Waals surface area contributed by atoms with Crippen molar-refractivity contribution < 1.29 is 19.1 Å². The highest BCUT2D eigenvalue weighted by atomic mass is 16.5. The van der Waals surface area contributed by atoms with Crippen LogP contribution in [0.15, 0.2) is 42.5 Å². The van der Waals surface area contributed by atoms with Crippen LogP contribution in [0.1, 0.15) is 82.1 Å². The molecule has 2 aromatic rings. The Morgan fingerprint density at radius 1 is 0.906 bits per heavy atom. The third-order valence-corrected chi connectivity index (χ3v) is 8.17. The average Bonchev–Trinajstić information content (AvgIpc) is 3.03. The molecule has 2 amide bonds. The van der Waals surface area contributed by atoms with Crippen LogP contribution in [0.25, 0.3) is 0 Å². The minimum Gasteiger partial charge on any atom is -0.462 e. The first kappa shape index (κ1) is 19.7. The molecule has 32 heavy (non-hydrogen) atoms. The Morgan fingerprint density at radius 3 is 2.09 bits per heavy atom. The van der Waals surface area contributed by atoms with Gasteiger partial charge in [-0.05, 0) is 111 Å². The van der Waals surface area contributed by atoms with Gasteiger partial charge in [0, 0.05) is 0 Å². The lowest BCUT2D eigenvalue weighted by Crippen LogP contribution is -2.48. The maximum absolute atomic E-state index is 13.3. The SMILES string of the molecule is CCOC(=O)c1ccc(N2C(=O)c3ccc(C45CC6CC(CC(C6)C4)C5)cc3C2=O)cc1. The van der Waals surface area contributed by atoms with Crippen LogP contribution < -0.4 is 4.90 Å². The molecule has 7 rings (SSSR count). The molecule has 0 N–H and O–H groups in total. The number of hydrogen-bond acceptors (Lipinski definition) is 4. The monoisotopic (exact) mass is 429 g/mol. The number of fused-ring (bicyclic) bond motifs is 1. The molecule has 5 nitrogen and oxygen atoms in total. The van der Waals surface area contributed by atoms with E-state index >= 15 is 0 Å². The maximum Gasteiger partial charge on any atom is 0.338 e. The maximum atomic E-state index is 13.3. The Bertz CT molecular complexity index is 1100. The third kappa shape index (κ3) is 2.86. The van der Waals surface area contributed by atoms with Crippen molar-refractivity contribution in [2.75, 3.05) is 11.5 Å². The van der Waals surface area contributed by atoms with Crippen molar-refractivity contribution in [2.24, 2.45) is 17.8 Å². The number of rotatable bonds is 4. The first-order valence-corrected chi connectivity index (χ1v) is 11.8. The summed E-state index contributed by atoms with van der Waals surface area (Å²) in [6, 6.07) is 12.4. The lowest BCUT2D eigenvalue weighted by molar-refractivity contribution is -0.00521. The summed E-state index contributed by atoms with van der Waals surface area (Å²) in [5.41, 5.74) is 3.28. The van der Waals surface area contributed by atoms with Gasteiger partial charge in [0.2, 0.25) is 0 Å². The fourth-order valence-corrected chi connectivity index (χ4v) is 7.23. The van der Waals surface area contributed by atoms with Gasteiger partial charge in [-0.25, -0.2) is 9.69 Å². The van der Waals surface area contributed by atoms with Gasteiger partial charge in [-0.2, -0.15) is 0 Å². The van der Waals surface area contributed by atoms with E-state index in [4.69, 9.17) is 4.74 Å². The number of anilines is 1. The molecule has 5 aliphatic rings. The summed E-state index contributed by atoms with van der Waals surface area (Å²) >= 11 is 0. The van der Waals surface area contributed by atoms with Crippen LogP contribution in [0, 0.1) is 17.8 Å². The number of benzene rings is 2. The Balaban J connectivity index is 1.31. The van der Waals surface area contributed by atoms with Crippen molar-refractivity contribution in [1.29, 1.82) is 0 Å². The first-order chi connectivity index (χ1) is 15.5. The second kappa shape index (κ2) is 7.03. The van der Waals surface area contributed by atoms with Gasteiger partial charge in [-0.15, -0.1) is 0 Å². The highest BCUT2D eigenvalue weighted by Crippen LogP contribution is 2.60. The molecule has 0 atom stereocenters. The summed E-state index contributed by atoms with van der Waals surface area (Å²) in [5.74, 6) is 1.47. The van der Waals surface area contributed by atoms with E-state index in [1.54, 1.807) is 31.2 Å². The molecule has 4 saturated carbocycles. The molecule has 0 saturated heterocycles. The van der Waals surface area contributed by atoms with Crippen LogP contribution in [0.3, 0.4) is 0 Å². The molecule has 4 fully saturated rings. The van der Waals surface area contributed by atoms with Crippen molar-refractivity contribution >= 4 is 23.5 Å². The molecule has 4 aliphatic carbocycles. The van der Waals surface area contributed by atoms with E-state index in [0.29, 0.717) is 29.0 Å². The molecule has 0 radical (unpaired) electrons. The Morgan fingerprint density at radius 2 is 1.50 bits per heavy atom. The van der Waals surface area contributed by atoms with Crippen LogP contribution in [0.5, 0.6) is 0 Å². The van der Waals surface area contributed by atoms with E-state index < -0.39 is 5.97 Å². The number of nitrogens with zero attached hydrogens (tertiary/aromatic N) is 1. The lowest BCUT2D eigenvalue weighted by atomic mass is 9.48. The number of carbonyl (C=O) groups excluding carboxylic acids is 3. The molecule has 1 aliphatic heterocycles. The van der Waals surface area contributed by atoms with Crippen molar-refractivity contribution in [3.63, 3.8) is 0 Å². The van der Waals surface area contributed by atoms with Crippen molar-refractivity contribution in [3.05, 3.63) is 64.7 Å². The smallest absolute Gasteiger partial charge is 0.338 e. The number of hydrogen-bond donors (Lipinski definition) is 0. The normalized spacial score (nSPS) is 30.0. The van der Waals surface area contributed by atoms with Gasteiger partial charge in [0.25, 0.3) is 11.8 Å². The number of ether oxygens (including phenoxy) is 1. The van der Waals surface area contributed by atoms with E-state index in [1.807, 2.05) is 12.1 Å². The van der Waals surface area contributed by atoms with Gasteiger partial charge in [0.1, 0.15) is 0 Å². The van der Waals surface area contributed by atoms with E-state index in [1.165, 1.54) is 49.0 Å². The van der Waals surface area contributed by atoms with Gasteiger partial charge >= 0.3 is 5.97 Å². The topological polar surface area (TPSA) is 63.7 Å².